The topological polar surface area (TPSA) is 66.8 Å². The molecule has 0 aromatic heterocycles. The van der Waals surface area contributed by atoms with Gasteiger partial charge in [0, 0.05) is 26.2 Å². The molecule has 1 aliphatic heterocycles. The third-order valence-corrected chi connectivity index (χ3v) is 4.00. The zero-order chi connectivity index (χ0) is 15.8. The number of carboxylic acid groups (broad SMARTS) is 1. The number of aliphatic carboxylic acids is 1. The average Bonchev–Trinajstić information content (AvgIpc) is 2.53. The maximum absolute atomic E-state index is 12.4. The molecular weight excluding hydrogens is 282 g/mol. The number of carbonyl (C=O) groups excluding carboxylic acids is 1. The van der Waals surface area contributed by atoms with Crippen molar-refractivity contribution in [3.8, 4) is 0 Å². The van der Waals surface area contributed by atoms with Crippen LogP contribution in [0.2, 0.25) is 0 Å². The number of hydrogen-bond donors (Lipinski definition) is 1. The second-order valence-electron chi connectivity index (χ2n) is 5.72. The summed E-state index contributed by atoms with van der Waals surface area (Å²) in [5.74, 6) is -0.547. The molecule has 1 amide bonds. The molecule has 0 saturated carbocycles. The predicted octanol–water partition coefficient (Wildman–Crippen LogP) is 2.31. The van der Waals surface area contributed by atoms with E-state index in [1.807, 2.05) is 30.3 Å². The summed E-state index contributed by atoms with van der Waals surface area (Å²) in [5, 5.41) is 9.02. The molecule has 0 atom stereocenters. The Kier molecular flexibility index (Phi) is 6.40. The van der Waals surface area contributed by atoms with E-state index < -0.39 is 5.97 Å². The zero-order valence-electron chi connectivity index (χ0n) is 12.7. The SMILES string of the molecule is O=C(O)CN(Cc1ccccc1)C(=O)CCC1CCOCC1. The summed E-state index contributed by atoms with van der Waals surface area (Å²) in [5.41, 5.74) is 0.947. The molecule has 120 valence electrons. The normalized spacial score (nSPS) is 15.5. The number of carboxylic acids is 1. The maximum Gasteiger partial charge on any atom is 0.323 e. The number of amides is 1. The quantitative estimate of drug-likeness (QED) is 0.839. The van der Waals surface area contributed by atoms with Crippen LogP contribution >= 0.6 is 0 Å². The molecule has 1 saturated heterocycles. The standard InChI is InChI=1S/C17H23NO4/c19-16(7-6-14-8-10-22-11-9-14)18(13-17(20)21)12-15-4-2-1-3-5-15/h1-5,14H,6-13H2,(H,20,21). The number of hydrogen-bond acceptors (Lipinski definition) is 3. The summed E-state index contributed by atoms with van der Waals surface area (Å²) in [7, 11) is 0. The van der Waals surface area contributed by atoms with Crippen LogP contribution in [-0.2, 0) is 20.9 Å². The molecule has 0 aliphatic carbocycles. The van der Waals surface area contributed by atoms with Gasteiger partial charge in [-0.25, -0.2) is 0 Å². The fraction of sp³-hybridized carbons (Fsp3) is 0.529. The van der Waals surface area contributed by atoms with Crippen LogP contribution in [0.15, 0.2) is 30.3 Å². The molecule has 0 radical (unpaired) electrons. The van der Waals surface area contributed by atoms with Gasteiger partial charge in [-0.15, -0.1) is 0 Å². The minimum Gasteiger partial charge on any atom is -0.480 e. The van der Waals surface area contributed by atoms with Gasteiger partial charge in [0.15, 0.2) is 0 Å². The van der Waals surface area contributed by atoms with E-state index in [2.05, 4.69) is 0 Å². The summed E-state index contributed by atoms with van der Waals surface area (Å²) >= 11 is 0. The third-order valence-electron chi connectivity index (χ3n) is 4.00. The lowest BCUT2D eigenvalue weighted by Crippen LogP contribution is -2.35. The van der Waals surface area contributed by atoms with Gasteiger partial charge in [0.1, 0.15) is 6.54 Å². The van der Waals surface area contributed by atoms with Gasteiger partial charge in [0.05, 0.1) is 0 Å². The smallest absolute Gasteiger partial charge is 0.323 e. The molecule has 5 heteroatoms. The lowest BCUT2D eigenvalue weighted by molar-refractivity contribution is -0.145. The highest BCUT2D eigenvalue weighted by atomic mass is 16.5. The van der Waals surface area contributed by atoms with E-state index in [1.54, 1.807) is 0 Å². The Balaban J connectivity index is 1.89. The second kappa shape index (κ2) is 8.54. The lowest BCUT2D eigenvalue weighted by atomic mass is 9.94. The summed E-state index contributed by atoms with van der Waals surface area (Å²) in [6.45, 7) is 1.63. The Bertz CT molecular complexity index is 483. The fourth-order valence-corrected chi connectivity index (χ4v) is 2.72. The first kappa shape index (κ1) is 16.5. The van der Waals surface area contributed by atoms with Gasteiger partial charge in [-0.3, -0.25) is 9.59 Å². The Hall–Kier alpha value is -1.88. The summed E-state index contributed by atoms with van der Waals surface area (Å²) < 4.78 is 5.31. The van der Waals surface area contributed by atoms with Crippen LogP contribution in [0.5, 0.6) is 0 Å². The monoisotopic (exact) mass is 305 g/mol. The van der Waals surface area contributed by atoms with E-state index in [4.69, 9.17) is 9.84 Å². The zero-order valence-corrected chi connectivity index (χ0v) is 12.7. The van der Waals surface area contributed by atoms with Gasteiger partial charge in [-0.05, 0) is 30.7 Å². The highest BCUT2D eigenvalue weighted by molar-refractivity contribution is 5.81. The molecule has 1 aromatic rings. The van der Waals surface area contributed by atoms with Gasteiger partial charge < -0.3 is 14.7 Å². The molecule has 5 nitrogen and oxygen atoms in total. The Morgan fingerprint density at radius 2 is 1.86 bits per heavy atom. The van der Waals surface area contributed by atoms with Crippen molar-refractivity contribution in [2.75, 3.05) is 19.8 Å². The van der Waals surface area contributed by atoms with Gasteiger partial charge in [0.25, 0.3) is 0 Å². The van der Waals surface area contributed by atoms with Crippen molar-refractivity contribution in [1.82, 2.24) is 4.90 Å². The van der Waals surface area contributed by atoms with Crippen LogP contribution in [0, 0.1) is 5.92 Å². The number of ether oxygens (including phenoxy) is 1. The van der Waals surface area contributed by atoms with Crippen molar-refractivity contribution in [2.45, 2.75) is 32.2 Å². The van der Waals surface area contributed by atoms with Crippen LogP contribution in [0.4, 0.5) is 0 Å². The molecule has 1 aliphatic rings. The van der Waals surface area contributed by atoms with Crippen LogP contribution in [0.25, 0.3) is 0 Å². The van der Waals surface area contributed by atoms with Crippen LogP contribution in [0.1, 0.15) is 31.2 Å². The van der Waals surface area contributed by atoms with Crippen LogP contribution < -0.4 is 0 Å². The lowest BCUT2D eigenvalue weighted by Gasteiger charge is -2.24. The highest BCUT2D eigenvalue weighted by Crippen LogP contribution is 2.20. The van der Waals surface area contributed by atoms with E-state index in [0.29, 0.717) is 18.9 Å². The van der Waals surface area contributed by atoms with Crippen molar-refractivity contribution in [3.63, 3.8) is 0 Å². The molecule has 1 N–H and O–H groups in total. The van der Waals surface area contributed by atoms with E-state index in [0.717, 1.165) is 38.0 Å². The third kappa shape index (κ3) is 5.48. The van der Waals surface area contributed by atoms with Gasteiger partial charge in [0.2, 0.25) is 5.91 Å². The van der Waals surface area contributed by atoms with E-state index in [1.165, 1.54) is 4.90 Å². The minimum absolute atomic E-state index is 0.0854. The van der Waals surface area contributed by atoms with E-state index >= 15 is 0 Å². The van der Waals surface area contributed by atoms with Crippen molar-refractivity contribution >= 4 is 11.9 Å². The molecule has 0 bridgehead atoms. The number of nitrogens with zero attached hydrogens (tertiary/aromatic N) is 1. The summed E-state index contributed by atoms with van der Waals surface area (Å²) in [6, 6.07) is 9.49. The highest BCUT2D eigenvalue weighted by Gasteiger charge is 2.20. The minimum atomic E-state index is -0.977. The van der Waals surface area contributed by atoms with Gasteiger partial charge in [-0.2, -0.15) is 0 Å². The van der Waals surface area contributed by atoms with Crippen LogP contribution in [0.3, 0.4) is 0 Å². The first-order chi connectivity index (χ1) is 10.6. The molecule has 1 aromatic carbocycles. The Morgan fingerprint density at radius 3 is 2.50 bits per heavy atom. The molecular formula is C17H23NO4. The first-order valence-corrected chi connectivity index (χ1v) is 7.76. The maximum atomic E-state index is 12.4. The number of rotatable bonds is 7. The van der Waals surface area contributed by atoms with Gasteiger partial charge >= 0.3 is 5.97 Å². The van der Waals surface area contributed by atoms with E-state index in [-0.39, 0.29) is 12.5 Å². The largest absolute Gasteiger partial charge is 0.480 e. The average molecular weight is 305 g/mol. The first-order valence-electron chi connectivity index (χ1n) is 7.76. The molecule has 1 heterocycles. The molecule has 1 fully saturated rings. The molecule has 0 unspecified atom stereocenters. The summed E-state index contributed by atoms with van der Waals surface area (Å²) in [4.78, 5) is 24.8. The molecule has 0 spiro atoms. The fourth-order valence-electron chi connectivity index (χ4n) is 2.72. The number of carbonyl (C=O) groups is 2. The molecule has 2 rings (SSSR count). The van der Waals surface area contributed by atoms with Crippen molar-refractivity contribution in [3.05, 3.63) is 35.9 Å². The van der Waals surface area contributed by atoms with Crippen molar-refractivity contribution in [1.29, 1.82) is 0 Å². The van der Waals surface area contributed by atoms with Crippen LogP contribution in [-0.4, -0.2) is 41.6 Å². The van der Waals surface area contributed by atoms with E-state index in [9.17, 15) is 9.59 Å². The van der Waals surface area contributed by atoms with Crippen molar-refractivity contribution < 1.29 is 19.4 Å². The Morgan fingerprint density at radius 1 is 1.18 bits per heavy atom. The van der Waals surface area contributed by atoms with Crippen molar-refractivity contribution in [2.24, 2.45) is 5.92 Å². The summed E-state index contributed by atoms with van der Waals surface area (Å²) in [6.07, 6.45) is 3.20. The second-order valence-corrected chi connectivity index (χ2v) is 5.72. The predicted molar refractivity (Wildman–Crippen MR) is 82.3 cm³/mol. The Labute approximate surface area is 130 Å². The van der Waals surface area contributed by atoms with Gasteiger partial charge in [-0.1, -0.05) is 30.3 Å². The number of benzene rings is 1. The molecule has 22 heavy (non-hydrogen) atoms.